The highest BCUT2D eigenvalue weighted by molar-refractivity contribution is 8.14. The van der Waals surface area contributed by atoms with Crippen LogP contribution in [0.5, 0.6) is 0 Å². The number of anilines is 1. The van der Waals surface area contributed by atoms with E-state index in [9.17, 15) is 14.4 Å². The first-order valence-corrected chi connectivity index (χ1v) is 10.7. The van der Waals surface area contributed by atoms with Gasteiger partial charge < -0.3 is 15.5 Å². The lowest BCUT2D eigenvalue weighted by atomic mass is 10.0. The first-order chi connectivity index (χ1) is 14.3. The highest BCUT2D eigenvalue weighted by Crippen LogP contribution is 2.22. The molecule has 1 unspecified atom stereocenters. The molecule has 1 aliphatic rings. The number of nitrogens with one attached hydrogen (secondary N) is 2. The van der Waals surface area contributed by atoms with E-state index in [1.807, 2.05) is 21.0 Å². The van der Waals surface area contributed by atoms with Gasteiger partial charge in [0.15, 0.2) is 0 Å². The van der Waals surface area contributed by atoms with Gasteiger partial charge in [-0.2, -0.15) is 0 Å². The monoisotopic (exact) mass is 426 g/mol. The van der Waals surface area contributed by atoms with Crippen LogP contribution < -0.4 is 10.6 Å². The van der Waals surface area contributed by atoms with Gasteiger partial charge in [0.1, 0.15) is 0 Å². The number of rotatable bonds is 7. The van der Waals surface area contributed by atoms with Crippen LogP contribution in [-0.4, -0.2) is 53.4 Å². The standard InChI is InChI=1S/C22H26N4O3S/c1-15-4-8-17(9-5-15)19(25(2)3)12-23-21(28)24-18-10-6-16(7-11-18)13-26-20(27)14-30-22(26)29/h4-11,19H,12-14H2,1-3H3,(H2,23,24,28). The van der Waals surface area contributed by atoms with Gasteiger partial charge >= 0.3 is 6.03 Å². The Labute approximate surface area is 180 Å². The quantitative estimate of drug-likeness (QED) is 0.707. The molecule has 1 atom stereocenters. The summed E-state index contributed by atoms with van der Waals surface area (Å²) in [5.41, 5.74) is 3.81. The Morgan fingerprint density at radius 3 is 2.33 bits per heavy atom. The summed E-state index contributed by atoms with van der Waals surface area (Å²) >= 11 is 1.02. The largest absolute Gasteiger partial charge is 0.336 e. The van der Waals surface area contributed by atoms with Crippen LogP contribution in [0.1, 0.15) is 22.7 Å². The second-order valence-electron chi connectivity index (χ2n) is 7.46. The molecule has 0 saturated carbocycles. The second-order valence-corrected chi connectivity index (χ2v) is 8.38. The SMILES string of the molecule is Cc1ccc(C(CNC(=O)Nc2ccc(CN3C(=O)CSC3=O)cc2)N(C)C)cc1. The summed E-state index contributed by atoms with van der Waals surface area (Å²) in [5.74, 6) is 0.0328. The Morgan fingerprint density at radius 1 is 1.10 bits per heavy atom. The molecule has 0 radical (unpaired) electrons. The highest BCUT2D eigenvalue weighted by atomic mass is 32.2. The fraction of sp³-hybridized carbons (Fsp3) is 0.318. The van der Waals surface area contributed by atoms with Crippen molar-refractivity contribution in [2.45, 2.75) is 19.5 Å². The molecule has 158 valence electrons. The number of carbonyl (C=O) groups excluding carboxylic acids is 3. The second kappa shape index (κ2) is 9.77. The fourth-order valence-electron chi connectivity index (χ4n) is 3.16. The first-order valence-electron chi connectivity index (χ1n) is 9.67. The third-order valence-electron chi connectivity index (χ3n) is 4.93. The molecule has 2 aromatic rings. The van der Waals surface area contributed by atoms with Crippen LogP contribution >= 0.6 is 11.8 Å². The van der Waals surface area contributed by atoms with Crippen molar-refractivity contribution in [2.24, 2.45) is 0 Å². The summed E-state index contributed by atoms with van der Waals surface area (Å²) in [6, 6.07) is 15.2. The van der Waals surface area contributed by atoms with Crippen LogP contribution in [0.15, 0.2) is 48.5 Å². The Hall–Kier alpha value is -2.84. The lowest BCUT2D eigenvalue weighted by Gasteiger charge is -2.25. The molecule has 1 heterocycles. The zero-order valence-electron chi connectivity index (χ0n) is 17.3. The fourth-order valence-corrected chi connectivity index (χ4v) is 3.89. The molecule has 1 aliphatic heterocycles. The van der Waals surface area contributed by atoms with Crippen LogP contribution in [0.4, 0.5) is 15.3 Å². The van der Waals surface area contributed by atoms with E-state index in [-0.39, 0.29) is 35.5 Å². The summed E-state index contributed by atoms with van der Waals surface area (Å²) in [4.78, 5) is 39.0. The van der Waals surface area contributed by atoms with E-state index in [0.29, 0.717) is 12.2 Å². The van der Waals surface area contributed by atoms with E-state index in [1.54, 1.807) is 24.3 Å². The van der Waals surface area contributed by atoms with Gasteiger partial charge in [0.05, 0.1) is 18.3 Å². The Bertz CT molecular complexity index is 897. The van der Waals surface area contributed by atoms with Crippen LogP contribution in [0.25, 0.3) is 0 Å². The number of amides is 4. The molecule has 30 heavy (non-hydrogen) atoms. The van der Waals surface area contributed by atoms with Crippen molar-refractivity contribution >= 4 is 34.6 Å². The number of imide groups is 1. The molecule has 0 aromatic heterocycles. The molecule has 1 fully saturated rings. The van der Waals surface area contributed by atoms with Crippen LogP contribution in [0.2, 0.25) is 0 Å². The highest BCUT2D eigenvalue weighted by Gasteiger charge is 2.29. The molecular formula is C22H26N4O3S. The van der Waals surface area contributed by atoms with Crippen molar-refractivity contribution in [1.29, 1.82) is 0 Å². The Morgan fingerprint density at radius 2 is 1.77 bits per heavy atom. The number of benzene rings is 2. The van der Waals surface area contributed by atoms with E-state index < -0.39 is 0 Å². The molecule has 0 bridgehead atoms. The van der Waals surface area contributed by atoms with Crippen molar-refractivity contribution in [1.82, 2.24) is 15.1 Å². The molecule has 1 saturated heterocycles. The van der Waals surface area contributed by atoms with Gasteiger partial charge in [-0.1, -0.05) is 53.7 Å². The number of hydrogen-bond acceptors (Lipinski definition) is 5. The minimum absolute atomic E-state index is 0.0622. The lowest BCUT2D eigenvalue weighted by molar-refractivity contribution is -0.125. The van der Waals surface area contributed by atoms with E-state index in [0.717, 1.165) is 22.9 Å². The van der Waals surface area contributed by atoms with Crippen molar-refractivity contribution < 1.29 is 14.4 Å². The van der Waals surface area contributed by atoms with Crippen molar-refractivity contribution in [3.63, 3.8) is 0 Å². The maximum absolute atomic E-state index is 12.3. The number of urea groups is 1. The third-order valence-corrected chi connectivity index (χ3v) is 5.79. The van der Waals surface area contributed by atoms with Gasteiger partial charge in [-0.3, -0.25) is 14.5 Å². The molecule has 8 heteroatoms. The van der Waals surface area contributed by atoms with Gasteiger partial charge in [-0.25, -0.2) is 4.79 Å². The number of hydrogen-bond donors (Lipinski definition) is 2. The summed E-state index contributed by atoms with van der Waals surface area (Å²) in [7, 11) is 3.97. The summed E-state index contributed by atoms with van der Waals surface area (Å²) in [6.07, 6.45) is 0. The van der Waals surface area contributed by atoms with Gasteiger partial charge in [-0.15, -0.1) is 0 Å². The maximum Gasteiger partial charge on any atom is 0.319 e. The Balaban J connectivity index is 1.53. The Kier molecular flexibility index (Phi) is 7.12. The van der Waals surface area contributed by atoms with Gasteiger partial charge in [0.25, 0.3) is 5.24 Å². The molecule has 4 amide bonds. The zero-order chi connectivity index (χ0) is 21.7. The van der Waals surface area contributed by atoms with Gasteiger partial charge in [0, 0.05) is 12.2 Å². The lowest BCUT2D eigenvalue weighted by Crippen LogP contribution is -2.36. The predicted octanol–water partition coefficient (Wildman–Crippen LogP) is 3.61. The van der Waals surface area contributed by atoms with Crippen molar-refractivity contribution in [3.05, 3.63) is 65.2 Å². The third kappa shape index (κ3) is 5.61. The average Bonchev–Trinajstić information content (AvgIpc) is 3.02. The van der Waals surface area contributed by atoms with Crippen LogP contribution in [-0.2, 0) is 11.3 Å². The topological polar surface area (TPSA) is 81.8 Å². The molecular weight excluding hydrogens is 400 g/mol. The van der Waals surface area contributed by atoms with E-state index in [2.05, 4.69) is 39.8 Å². The molecule has 0 spiro atoms. The number of aryl methyl sites for hydroxylation is 1. The minimum Gasteiger partial charge on any atom is -0.336 e. The molecule has 2 aromatic carbocycles. The van der Waals surface area contributed by atoms with E-state index in [4.69, 9.17) is 0 Å². The zero-order valence-corrected chi connectivity index (χ0v) is 18.2. The van der Waals surface area contributed by atoms with Crippen molar-refractivity contribution in [3.8, 4) is 0 Å². The van der Waals surface area contributed by atoms with Crippen molar-refractivity contribution in [2.75, 3.05) is 31.7 Å². The smallest absolute Gasteiger partial charge is 0.319 e. The normalized spacial score (nSPS) is 14.9. The molecule has 2 N–H and O–H groups in total. The van der Waals surface area contributed by atoms with Gasteiger partial charge in [0.2, 0.25) is 5.91 Å². The van der Waals surface area contributed by atoms with Crippen LogP contribution in [0, 0.1) is 6.92 Å². The number of carbonyl (C=O) groups is 3. The average molecular weight is 427 g/mol. The predicted molar refractivity (Wildman–Crippen MR) is 119 cm³/mol. The number of likely N-dealkylation sites (N-methyl/N-ethyl adjacent to an activating group) is 1. The molecule has 7 nitrogen and oxygen atoms in total. The van der Waals surface area contributed by atoms with E-state index >= 15 is 0 Å². The maximum atomic E-state index is 12.3. The molecule has 3 rings (SSSR count). The molecule has 0 aliphatic carbocycles. The minimum atomic E-state index is -0.289. The van der Waals surface area contributed by atoms with Gasteiger partial charge in [-0.05, 0) is 44.3 Å². The van der Waals surface area contributed by atoms with E-state index in [1.165, 1.54) is 10.5 Å². The summed E-state index contributed by atoms with van der Waals surface area (Å²) < 4.78 is 0. The number of nitrogens with zero attached hydrogens (tertiary/aromatic N) is 2. The summed E-state index contributed by atoms with van der Waals surface area (Å²) in [5, 5.41) is 5.52. The van der Waals surface area contributed by atoms with Crippen LogP contribution in [0.3, 0.4) is 0 Å². The number of thioether (sulfide) groups is 1. The first kappa shape index (κ1) is 21.9. The summed E-state index contributed by atoms with van der Waals surface area (Å²) in [6.45, 7) is 2.76.